The number of alkyl halides is 1. The van der Waals surface area contributed by atoms with Crippen molar-refractivity contribution in [2.75, 3.05) is 23.9 Å². The molecule has 0 unspecified atom stereocenters. The summed E-state index contributed by atoms with van der Waals surface area (Å²) in [6, 6.07) is 7.32. The number of nitrogens with zero attached hydrogens (tertiary/aromatic N) is 1. The van der Waals surface area contributed by atoms with E-state index in [1.807, 2.05) is 25.1 Å². The summed E-state index contributed by atoms with van der Waals surface area (Å²) in [5, 5.41) is 0. The first-order chi connectivity index (χ1) is 8.58. The van der Waals surface area contributed by atoms with E-state index in [0.29, 0.717) is 5.69 Å². The minimum Gasteiger partial charge on any atom is -0.465 e. The summed E-state index contributed by atoms with van der Waals surface area (Å²) in [6.45, 7) is 3.80. The van der Waals surface area contributed by atoms with Crippen LogP contribution in [0.3, 0.4) is 0 Å². The maximum Gasteiger partial charge on any atom is 0.326 e. The van der Waals surface area contributed by atoms with Gasteiger partial charge >= 0.3 is 5.97 Å². The van der Waals surface area contributed by atoms with Crippen LogP contribution in [-0.2, 0) is 14.3 Å². The van der Waals surface area contributed by atoms with E-state index in [4.69, 9.17) is 16.3 Å². The van der Waals surface area contributed by atoms with Crippen molar-refractivity contribution in [2.45, 2.75) is 13.8 Å². The Hall–Kier alpha value is -1.55. The van der Waals surface area contributed by atoms with Gasteiger partial charge in [0.05, 0.1) is 6.61 Å². The lowest BCUT2D eigenvalue weighted by atomic mass is 10.2. The van der Waals surface area contributed by atoms with Gasteiger partial charge in [0.25, 0.3) is 0 Å². The molecule has 1 amide bonds. The van der Waals surface area contributed by atoms with Crippen LogP contribution in [-0.4, -0.2) is 30.9 Å². The molecule has 4 nitrogen and oxygen atoms in total. The molecule has 0 heterocycles. The predicted octanol–water partition coefficient (Wildman–Crippen LogP) is 2.13. The largest absolute Gasteiger partial charge is 0.465 e. The molecule has 18 heavy (non-hydrogen) atoms. The van der Waals surface area contributed by atoms with E-state index < -0.39 is 5.97 Å². The number of benzene rings is 1. The summed E-state index contributed by atoms with van der Waals surface area (Å²) in [5.74, 6) is -0.944. The van der Waals surface area contributed by atoms with E-state index in [0.717, 1.165) is 5.56 Å². The molecule has 0 spiro atoms. The van der Waals surface area contributed by atoms with Gasteiger partial charge in [-0.25, -0.2) is 0 Å². The molecule has 0 fully saturated rings. The molecular weight excluding hydrogens is 254 g/mol. The van der Waals surface area contributed by atoms with Crippen LogP contribution in [0.25, 0.3) is 0 Å². The molecule has 1 aromatic carbocycles. The number of hydrogen-bond acceptors (Lipinski definition) is 3. The van der Waals surface area contributed by atoms with E-state index in [9.17, 15) is 9.59 Å². The van der Waals surface area contributed by atoms with Crippen LogP contribution in [0.2, 0.25) is 0 Å². The highest BCUT2D eigenvalue weighted by atomic mass is 35.5. The van der Waals surface area contributed by atoms with E-state index >= 15 is 0 Å². The summed E-state index contributed by atoms with van der Waals surface area (Å²) < 4.78 is 4.84. The van der Waals surface area contributed by atoms with Crippen molar-refractivity contribution < 1.29 is 14.3 Å². The fourth-order valence-corrected chi connectivity index (χ4v) is 1.67. The first-order valence-corrected chi connectivity index (χ1v) is 6.20. The Labute approximate surface area is 111 Å². The molecule has 98 valence electrons. The van der Waals surface area contributed by atoms with Crippen LogP contribution >= 0.6 is 11.6 Å². The lowest BCUT2D eigenvalue weighted by Crippen LogP contribution is -2.37. The van der Waals surface area contributed by atoms with Crippen molar-refractivity contribution in [3.05, 3.63) is 29.8 Å². The van der Waals surface area contributed by atoms with Crippen molar-refractivity contribution in [1.29, 1.82) is 0 Å². The maximum atomic E-state index is 11.7. The van der Waals surface area contributed by atoms with Gasteiger partial charge in [-0.3, -0.25) is 9.59 Å². The van der Waals surface area contributed by atoms with Crippen molar-refractivity contribution in [3.8, 4) is 0 Å². The summed E-state index contributed by atoms with van der Waals surface area (Å²) in [6.07, 6.45) is 0. The average molecular weight is 270 g/mol. The van der Waals surface area contributed by atoms with E-state index in [1.54, 1.807) is 13.0 Å². The number of amides is 1. The number of hydrogen-bond donors (Lipinski definition) is 0. The average Bonchev–Trinajstić information content (AvgIpc) is 2.35. The third kappa shape index (κ3) is 4.04. The number of carbonyl (C=O) groups excluding carboxylic acids is 2. The Morgan fingerprint density at radius 1 is 1.39 bits per heavy atom. The van der Waals surface area contributed by atoms with Crippen LogP contribution in [0.5, 0.6) is 0 Å². The van der Waals surface area contributed by atoms with Crippen molar-refractivity contribution in [2.24, 2.45) is 0 Å². The molecule has 1 rings (SSSR count). The van der Waals surface area contributed by atoms with Gasteiger partial charge in [-0.15, -0.1) is 11.6 Å². The van der Waals surface area contributed by atoms with Crippen LogP contribution < -0.4 is 4.90 Å². The van der Waals surface area contributed by atoms with Gasteiger partial charge in [-0.2, -0.15) is 0 Å². The highest BCUT2D eigenvalue weighted by Gasteiger charge is 2.18. The zero-order valence-electron chi connectivity index (χ0n) is 10.5. The molecule has 0 aromatic heterocycles. The van der Waals surface area contributed by atoms with Crippen LogP contribution in [0, 0.1) is 6.92 Å². The molecule has 0 saturated carbocycles. The number of anilines is 1. The summed E-state index contributed by atoms with van der Waals surface area (Å²) in [4.78, 5) is 24.6. The monoisotopic (exact) mass is 269 g/mol. The Morgan fingerprint density at radius 2 is 2.11 bits per heavy atom. The van der Waals surface area contributed by atoms with Gasteiger partial charge in [-0.1, -0.05) is 12.1 Å². The van der Waals surface area contributed by atoms with E-state index in [1.165, 1.54) is 4.90 Å². The number of halogens is 1. The Morgan fingerprint density at radius 3 is 2.67 bits per heavy atom. The highest BCUT2D eigenvalue weighted by molar-refractivity contribution is 6.29. The maximum absolute atomic E-state index is 11.7. The lowest BCUT2D eigenvalue weighted by Gasteiger charge is -2.21. The van der Waals surface area contributed by atoms with Gasteiger partial charge in [0.1, 0.15) is 12.4 Å². The van der Waals surface area contributed by atoms with E-state index in [-0.39, 0.29) is 24.9 Å². The smallest absolute Gasteiger partial charge is 0.326 e. The Bertz CT molecular complexity index is 434. The molecule has 0 radical (unpaired) electrons. The molecule has 0 aliphatic carbocycles. The Balaban J connectivity index is 2.91. The fourth-order valence-electron chi connectivity index (χ4n) is 1.53. The van der Waals surface area contributed by atoms with Crippen LogP contribution in [0.1, 0.15) is 12.5 Å². The normalized spacial score (nSPS) is 9.94. The second-order valence-electron chi connectivity index (χ2n) is 3.76. The molecule has 0 aliphatic rings. The van der Waals surface area contributed by atoms with Crippen molar-refractivity contribution in [3.63, 3.8) is 0 Å². The molecule has 0 saturated heterocycles. The van der Waals surface area contributed by atoms with E-state index in [2.05, 4.69) is 0 Å². The molecule has 0 bridgehead atoms. The van der Waals surface area contributed by atoms with Crippen LogP contribution in [0.15, 0.2) is 24.3 Å². The summed E-state index contributed by atoms with van der Waals surface area (Å²) in [5.41, 5.74) is 1.65. The second-order valence-corrected chi connectivity index (χ2v) is 4.02. The third-order valence-electron chi connectivity index (χ3n) is 2.32. The van der Waals surface area contributed by atoms with Crippen molar-refractivity contribution >= 4 is 29.2 Å². The minimum absolute atomic E-state index is 0.122. The summed E-state index contributed by atoms with van der Waals surface area (Å²) >= 11 is 5.55. The SMILES string of the molecule is CCOC(=O)CN(C(=O)CCl)c1cccc(C)c1. The first-order valence-electron chi connectivity index (χ1n) is 5.67. The first kappa shape index (κ1) is 14.5. The third-order valence-corrected chi connectivity index (χ3v) is 2.55. The minimum atomic E-state index is -0.447. The molecule has 0 aliphatic heterocycles. The number of aryl methyl sites for hydroxylation is 1. The highest BCUT2D eigenvalue weighted by Crippen LogP contribution is 2.16. The van der Waals surface area contributed by atoms with Gasteiger partial charge in [0.15, 0.2) is 0 Å². The second kappa shape index (κ2) is 7.01. The predicted molar refractivity (Wildman–Crippen MR) is 70.9 cm³/mol. The van der Waals surface area contributed by atoms with Gasteiger partial charge in [0.2, 0.25) is 5.91 Å². The van der Waals surface area contributed by atoms with Gasteiger partial charge in [-0.05, 0) is 31.5 Å². The molecule has 1 aromatic rings. The summed E-state index contributed by atoms with van der Waals surface area (Å²) in [7, 11) is 0. The zero-order valence-corrected chi connectivity index (χ0v) is 11.2. The van der Waals surface area contributed by atoms with Crippen molar-refractivity contribution in [1.82, 2.24) is 0 Å². The molecule has 0 atom stereocenters. The number of esters is 1. The number of carbonyl (C=O) groups is 2. The topological polar surface area (TPSA) is 46.6 Å². The number of ether oxygens (including phenoxy) is 1. The zero-order chi connectivity index (χ0) is 13.5. The molecule has 0 N–H and O–H groups in total. The molecular formula is C13H16ClNO3. The quantitative estimate of drug-likeness (QED) is 0.608. The lowest BCUT2D eigenvalue weighted by molar-refractivity contribution is -0.142. The standard InChI is InChI=1S/C13H16ClNO3/c1-3-18-13(17)9-15(12(16)8-14)11-6-4-5-10(2)7-11/h4-7H,3,8-9H2,1-2H3. The van der Waals surface area contributed by atoms with Gasteiger partial charge < -0.3 is 9.64 Å². The fraction of sp³-hybridized carbons (Fsp3) is 0.385. The molecule has 5 heteroatoms. The number of rotatable bonds is 5. The van der Waals surface area contributed by atoms with Gasteiger partial charge in [0, 0.05) is 5.69 Å². The Kier molecular flexibility index (Phi) is 5.65. The van der Waals surface area contributed by atoms with Crippen LogP contribution in [0.4, 0.5) is 5.69 Å².